The van der Waals surface area contributed by atoms with Gasteiger partial charge in [0.1, 0.15) is 17.2 Å². The summed E-state index contributed by atoms with van der Waals surface area (Å²) in [5.41, 5.74) is 8.17. The lowest BCUT2D eigenvalue weighted by molar-refractivity contribution is 0.0601. The number of hydrogen-bond donors (Lipinski definition) is 2. The van der Waals surface area contributed by atoms with Crippen LogP contribution in [0.15, 0.2) is 60.7 Å². The molecule has 34 heavy (non-hydrogen) atoms. The number of hydrogen-bond acceptors (Lipinski definition) is 6. The van der Waals surface area contributed by atoms with Gasteiger partial charge in [0.2, 0.25) is 0 Å². The quantitative estimate of drug-likeness (QED) is 0.235. The summed E-state index contributed by atoms with van der Waals surface area (Å²) in [6, 6.07) is 16.6. The van der Waals surface area contributed by atoms with E-state index in [-0.39, 0.29) is 11.3 Å². The van der Waals surface area contributed by atoms with E-state index in [9.17, 15) is 13.6 Å². The number of nitrogens with zero attached hydrogens (tertiary/aromatic N) is 1. The molecule has 0 aromatic heterocycles. The van der Waals surface area contributed by atoms with Gasteiger partial charge in [-0.25, -0.2) is 13.3 Å². The molecule has 180 valence electrons. The maximum absolute atomic E-state index is 12.6. The van der Waals surface area contributed by atoms with E-state index in [1.54, 1.807) is 36.4 Å². The number of methoxy groups -OCH3 is 1. The van der Waals surface area contributed by atoms with Crippen molar-refractivity contribution in [2.45, 2.75) is 20.8 Å². The minimum absolute atomic E-state index is 0.0645. The van der Waals surface area contributed by atoms with Crippen molar-refractivity contribution in [1.82, 2.24) is 0 Å². The molecule has 0 radical (unpaired) electrons. The minimum atomic E-state index is -2.44. The van der Waals surface area contributed by atoms with Gasteiger partial charge in [0, 0.05) is 6.07 Å². The number of esters is 1. The average Bonchev–Trinajstić information content (AvgIpc) is 2.80. The summed E-state index contributed by atoms with van der Waals surface area (Å²) in [7, 11) is 1.24. The molecule has 0 bridgehead atoms. The molecule has 8 nitrogen and oxygen atoms in total. The normalized spacial score (nSPS) is 11.7. The summed E-state index contributed by atoms with van der Waals surface area (Å²) in [6.45, 7) is 6.48. The first-order valence-electron chi connectivity index (χ1n) is 10.6. The molecule has 0 aliphatic carbocycles. The fraction of sp³-hybridized carbons (Fsp3) is 0.240. The molecule has 3 aromatic carbocycles. The SMILES string of the molecule is COC(=O)c1cc(Oc2ccc(N)c(OCC(C)C)c2)ccc1N(c1ccc(C)cc1)S(=O)O. The summed E-state index contributed by atoms with van der Waals surface area (Å²) in [4.78, 5) is 12.6. The van der Waals surface area contributed by atoms with E-state index < -0.39 is 17.2 Å². The first kappa shape index (κ1) is 25.1. The van der Waals surface area contributed by atoms with Gasteiger partial charge in [-0.05, 0) is 55.3 Å². The fourth-order valence-electron chi connectivity index (χ4n) is 3.12. The highest BCUT2D eigenvalue weighted by Crippen LogP contribution is 2.36. The Labute approximate surface area is 201 Å². The van der Waals surface area contributed by atoms with E-state index in [4.69, 9.17) is 19.9 Å². The molecule has 0 fully saturated rings. The molecular formula is C25H28N2O6S. The zero-order chi connectivity index (χ0) is 24.8. The lowest BCUT2D eigenvalue weighted by Gasteiger charge is -2.23. The molecule has 3 rings (SSSR count). The van der Waals surface area contributed by atoms with Gasteiger partial charge in [-0.2, -0.15) is 0 Å². The van der Waals surface area contributed by atoms with Crippen LogP contribution in [0.1, 0.15) is 29.8 Å². The van der Waals surface area contributed by atoms with Crippen LogP contribution in [0.3, 0.4) is 0 Å². The van der Waals surface area contributed by atoms with Gasteiger partial charge in [-0.15, -0.1) is 0 Å². The molecule has 3 aromatic rings. The van der Waals surface area contributed by atoms with Crippen LogP contribution < -0.4 is 19.5 Å². The van der Waals surface area contributed by atoms with Crippen molar-refractivity contribution in [3.8, 4) is 17.2 Å². The predicted molar refractivity (Wildman–Crippen MR) is 133 cm³/mol. The molecule has 1 atom stereocenters. The first-order valence-corrected chi connectivity index (χ1v) is 11.7. The van der Waals surface area contributed by atoms with Gasteiger partial charge >= 0.3 is 5.97 Å². The molecule has 0 heterocycles. The molecule has 0 aliphatic heterocycles. The van der Waals surface area contributed by atoms with Gasteiger partial charge in [0.25, 0.3) is 11.3 Å². The van der Waals surface area contributed by atoms with Crippen LogP contribution >= 0.6 is 0 Å². The van der Waals surface area contributed by atoms with Crippen LogP contribution in [0.5, 0.6) is 17.2 Å². The molecule has 1 unspecified atom stereocenters. The van der Waals surface area contributed by atoms with Crippen molar-refractivity contribution in [1.29, 1.82) is 0 Å². The van der Waals surface area contributed by atoms with E-state index in [1.807, 2.05) is 32.9 Å². The summed E-state index contributed by atoms with van der Waals surface area (Å²) in [5, 5.41) is 0. The van der Waals surface area contributed by atoms with Crippen LogP contribution in [0.25, 0.3) is 0 Å². The number of aryl methyl sites for hydroxylation is 1. The lowest BCUT2D eigenvalue weighted by atomic mass is 10.1. The van der Waals surface area contributed by atoms with E-state index in [1.165, 1.54) is 19.2 Å². The van der Waals surface area contributed by atoms with E-state index >= 15 is 0 Å². The van der Waals surface area contributed by atoms with Crippen LogP contribution in [-0.4, -0.2) is 28.4 Å². The second-order valence-corrected chi connectivity index (χ2v) is 8.86. The fourth-order valence-corrected chi connectivity index (χ4v) is 3.75. The Bertz CT molecular complexity index is 1180. The summed E-state index contributed by atoms with van der Waals surface area (Å²) in [6.07, 6.45) is 0. The molecule has 0 saturated carbocycles. The highest BCUT2D eigenvalue weighted by Gasteiger charge is 2.23. The van der Waals surface area contributed by atoms with Gasteiger partial charge in [-0.1, -0.05) is 31.5 Å². The number of nitrogen functional groups attached to an aromatic ring is 1. The highest BCUT2D eigenvalue weighted by atomic mass is 32.2. The van der Waals surface area contributed by atoms with Crippen molar-refractivity contribution < 1.29 is 27.8 Å². The molecule has 9 heteroatoms. The Kier molecular flexibility index (Phi) is 8.14. The number of ether oxygens (including phenoxy) is 3. The summed E-state index contributed by atoms with van der Waals surface area (Å²) in [5.74, 6) is 0.931. The average molecular weight is 485 g/mol. The number of rotatable bonds is 9. The standard InChI is InChI=1S/C25H28N2O6S/c1-16(2)15-32-24-14-20(9-11-22(24)26)33-19-10-12-23(21(13-19)25(28)31-4)27(34(29)30)18-7-5-17(3)6-8-18/h5-14,16H,15,26H2,1-4H3,(H,29,30). The van der Waals surface area contributed by atoms with Crippen molar-refractivity contribution in [2.24, 2.45) is 5.92 Å². The third-order valence-electron chi connectivity index (χ3n) is 4.81. The zero-order valence-corrected chi connectivity index (χ0v) is 20.3. The Hall–Kier alpha value is -3.56. The van der Waals surface area contributed by atoms with Crippen LogP contribution in [0.2, 0.25) is 0 Å². The molecule has 3 N–H and O–H groups in total. The van der Waals surface area contributed by atoms with Gasteiger partial charge < -0.3 is 19.9 Å². The smallest absolute Gasteiger partial charge is 0.340 e. The minimum Gasteiger partial charge on any atom is -0.491 e. The van der Waals surface area contributed by atoms with Gasteiger partial charge in [0.05, 0.1) is 36.3 Å². The molecule has 0 saturated heterocycles. The van der Waals surface area contributed by atoms with Crippen LogP contribution in [-0.2, 0) is 16.0 Å². The van der Waals surface area contributed by atoms with Gasteiger partial charge in [-0.3, -0.25) is 4.55 Å². The third kappa shape index (κ3) is 6.06. The van der Waals surface area contributed by atoms with Crippen molar-refractivity contribution in [3.63, 3.8) is 0 Å². The molecule has 0 amide bonds. The largest absolute Gasteiger partial charge is 0.491 e. The number of carbonyl (C=O) groups is 1. The Morgan fingerprint density at radius 2 is 1.71 bits per heavy atom. The van der Waals surface area contributed by atoms with Crippen molar-refractivity contribution >= 4 is 34.3 Å². The lowest BCUT2D eigenvalue weighted by Crippen LogP contribution is -2.22. The molecule has 0 spiro atoms. The third-order valence-corrected chi connectivity index (χ3v) is 5.53. The van der Waals surface area contributed by atoms with Crippen molar-refractivity contribution in [3.05, 3.63) is 71.8 Å². The van der Waals surface area contributed by atoms with E-state index in [0.717, 1.165) is 9.87 Å². The molecular weight excluding hydrogens is 456 g/mol. The number of anilines is 3. The Morgan fingerprint density at radius 1 is 1.06 bits per heavy atom. The highest BCUT2D eigenvalue weighted by molar-refractivity contribution is 7.81. The van der Waals surface area contributed by atoms with E-state index in [0.29, 0.717) is 41.1 Å². The second-order valence-electron chi connectivity index (χ2n) is 8.04. The molecule has 0 aliphatic rings. The first-order chi connectivity index (χ1) is 16.2. The zero-order valence-electron chi connectivity index (χ0n) is 19.5. The number of carbonyl (C=O) groups excluding carboxylic acids is 1. The maximum atomic E-state index is 12.6. The van der Waals surface area contributed by atoms with Crippen LogP contribution in [0.4, 0.5) is 17.1 Å². The maximum Gasteiger partial charge on any atom is 0.340 e. The van der Waals surface area contributed by atoms with E-state index in [2.05, 4.69) is 0 Å². The topological polar surface area (TPSA) is 111 Å². The number of benzene rings is 3. The van der Waals surface area contributed by atoms with Crippen LogP contribution in [0, 0.1) is 12.8 Å². The van der Waals surface area contributed by atoms with Gasteiger partial charge in [0.15, 0.2) is 0 Å². The number of nitrogens with two attached hydrogens (primary N) is 1. The Morgan fingerprint density at radius 3 is 2.32 bits per heavy atom. The predicted octanol–water partition coefficient (Wildman–Crippen LogP) is 5.47. The van der Waals surface area contributed by atoms with Crippen molar-refractivity contribution in [2.75, 3.05) is 23.8 Å². The summed E-state index contributed by atoms with van der Waals surface area (Å²) < 4.78 is 40.0. The summed E-state index contributed by atoms with van der Waals surface area (Å²) >= 11 is -2.44. The second kappa shape index (κ2) is 11.0. The Balaban J connectivity index is 1.98. The monoisotopic (exact) mass is 484 g/mol.